The van der Waals surface area contributed by atoms with Crippen LogP contribution in [0.3, 0.4) is 0 Å². The van der Waals surface area contributed by atoms with Crippen LogP contribution < -0.4 is 10.6 Å². The van der Waals surface area contributed by atoms with Crippen molar-refractivity contribution in [2.45, 2.75) is 31.3 Å². The lowest BCUT2D eigenvalue weighted by atomic mass is 10.2. The maximum absolute atomic E-state index is 12.0. The van der Waals surface area contributed by atoms with Crippen LogP contribution in [0.1, 0.15) is 19.4 Å². The number of rotatable bonds is 6. The van der Waals surface area contributed by atoms with Crippen LogP contribution in [0.5, 0.6) is 0 Å². The summed E-state index contributed by atoms with van der Waals surface area (Å²) in [6.07, 6.45) is 1.22. The Morgan fingerprint density at radius 2 is 1.92 bits per heavy atom. The largest absolute Gasteiger partial charge is 0.365 e. The molecule has 0 aliphatic carbocycles. The van der Waals surface area contributed by atoms with Crippen LogP contribution in [0.15, 0.2) is 40.6 Å². The fourth-order valence-corrected chi connectivity index (χ4v) is 4.24. The minimum atomic E-state index is -3.28. The predicted octanol–water partition coefficient (Wildman–Crippen LogP) is 3.53. The molecule has 25 heavy (non-hydrogen) atoms. The molecule has 0 atom stereocenters. The van der Waals surface area contributed by atoms with E-state index in [1.54, 1.807) is 23.5 Å². The summed E-state index contributed by atoms with van der Waals surface area (Å²) in [4.78, 5) is 9.38. The van der Waals surface area contributed by atoms with Crippen molar-refractivity contribution in [2.24, 2.45) is 0 Å². The molecule has 1 aromatic carbocycles. The van der Waals surface area contributed by atoms with Gasteiger partial charge in [-0.15, -0.1) is 11.3 Å². The maximum Gasteiger partial charge on any atom is 0.225 e. The third kappa shape index (κ3) is 4.08. The Morgan fingerprint density at radius 1 is 1.16 bits per heavy atom. The summed E-state index contributed by atoms with van der Waals surface area (Å²) in [5.74, 6) is 1.26. The average Bonchev–Trinajstić information content (AvgIpc) is 3.00. The minimum absolute atomic E-state index is 0.217. The van der Waals surface area contributed by atoms with Gasteiger partial charge < -0.3 is 10.6 Å². The second kappa shape index (κ2) is 6.97. The lowest BCUT2D eigenvalue weighted by Crippen LogP contribution is -2.14. The molecule has 0 saturated carbocycles. The van der Waals surface area contributed by atoms with Crippen LogP contribution in [0, 0.1) is 0 Å². The molecule has 0 saturated heterocycles. The van der Waals surface area contributed by atoms with E-state index in [2.05, 4.69) is 20.6 Å². The molecule has 8 heteroatoms. The van der Waals surface area contributed by atoms with Crippen LogP contribution in [0.2, 0.25) is 0 Å². The van der Waals surface area contributed by atoms with Gasteiger partial charge in [0.2, 0.25) is 5.95 Å². The lowest BCUT2D eigenvalue weighted by Gasteiger charge is -2.13. The Bertz CT molecular complexity index is 997. The third-order valence-electron chi connectivity index (χ3n) is 3.54. The first-order chi connectivity index (χ1) is 11.8. The molecular formula is C17H20N4O2S2. The van der Waals surface area contributed by atoms with E-state index in [4.69, 9.17) is 0 Å². The highest BCUT2D eigenvalue weighted by Gasteiger charge is 2.14. The quantitative estimate of drug-likeness (QED) is 0.685. The smallest absolute Gasteiger partial charge is 0.225 e. The van der Waals surface area contributed by atoms with Crippen LogP contribution in [0.4, 0.5) is 11.8 Å². The zero-order valence-electron chi connectivity index (χ0n) is 14.3. The van der Waals surface area contributed by atoms with Gasteiger partial charge in [-0.25, -0.2) is 13.4 Å². The minimum Gasteiger partial charge on any atom is -0.365 e. The number of hydrogen-bond acceptors (Lipinski definition) is 7. The average molecular weight is 377 g/mol. The first-order valence-corrected chi connectivity index (χ1v) is 10.7. The number of nitrogens with zero attached hydrogens (tertiary/aromatic N) is 2. The van der Waals surface area contributed by atoms with E-state index in [1.165, 1.54) is 6.26 Å². The van der Waals surface area contributed by atoms with E-state index in [0.717, 1.165) is 10.2 Å². The fourth-order valence-electron chi connectivity index (χ4n) is 2.50. The molecule has 0 radical (unpaired) electrons. The van der Waals surface area contributed by atoms with Crippen molar-refractivity contribution in [2.75, 3.05) is 16.9 Å². The summed E-state index contributed by atoms with van der Waals surface area (Å²) in [6, 6.07) is 9.16. The second-order valence-electron chi connectivity index (χ2n) is 6.06. The normalized spacial score (nSPS) is 11.8. The SMILES string of the molecule is CC(C)Nc1nc(NCc2ccccc2S(C)(=O)=O)c2sccc2n1. The van der Waals surface area contributed by atoms with Gasteiger partial charge in [0.25, 0.3) is 0 Å². The number of fused-ring (bicyclic) bond motifs is 1. The topological polar surface area (TPSA) is 84.0 Å². The number of aromatic nitrogens is 2. The maximum atomic E-state index is 12.0. The molecule has 2 N–H and O–H groups in total. The van der Waals surface area contributed by atoms with Gasteiger partial charge in [-0.05, 0) is 36.9 Å². The standard InChI is InChI=1S/C17H20N4O2S2/c1-11(2)19-17-20-13-8-9-24-15(13)16(21-17)18-10-12-6-4-5-7-14(12)25(3,22)23/h4-9,11H,10H2,1-3H3,(H2,18,19,20,21). The van der Waals surface area contributed by atoms with Crippen LogP contribution in [-0.2, 0) is 16.4 Å². The summed E-state index contributed by atoms with van der Waals surface area (Å²) in [6.45, 7) is 4.42. The van der Waals surface area contributed by atoms with Gasteiger partial charge in [-0.2, -0.15) is 4.98 Å². The van der Waals surface area contributed by atoms with E-state index in [1.807, 2.05) is 37.4 Å². The molecule has 3 aromatic rings. The highest BCUT2D eigenvalue weighted by molar-refractivity contribution is 7.90. The molecule has 0 aliphatic heterocycles. The molecule has 6 nitrogen and oxygen atoms in total. The number of anilines is 2. The monoisotopic (exact) mass is 376 g/mol. The number of benzene rings is 1. The van der Waals surface area contributed by atoms with E-state index in [0.29, 0.717) is 28.8 Å². The van der Waals surface area contributed by atoms with Crippen LogP contribution in [-0.4, -0.2) is 30.7 Å². The third-order valence-corrected chi connectivity index (χ3v) is 5.65. The summed E-state index contributed by atoms with van der Waals surface area (Å²) in [7, 11) is -3.28. The molecule has 2 aromatic heterocycles. The van der Waals surface area contributed by atoms with Crippen molar-refractivity contribution in [3.8, 4) is 0 Å². The summed E-state index contributed by atoms with van der Waals surface area (Å²) >= 11 is 1.55. The molecule has 0 aliphatic rings. The predicted molar refractivity (Wildman–Crippen MR) is 103 cm³/mol. The first-order valence-electron chi connectivity index (χ1n) is 7.88. The Morgan fingerprint density at radius 3 is 2.64 bits per heavy atom. The molecule has 0 bridgehead atoms. The van der Waals surface area contributed by atoms with E-state index >= 15 is 0 Å². The zero-order chi connectivity index (χ0) is 18.0. The van der Waals surface area contributed by atoms with Crippen molar-refractivity contribution in [1.29, 1.82) is 0 Å². The van der Waals surface area contributed by atoms with E-state index in [9.17, 15) is 8.42 Å². The first kappa shape index (κ1) is 17.6. The van der Waals surface area contributed by atoms with Crippen molar-refractivity contribution in [3.63, 3.8) is 0 Å². The Labute approximate surface area is 151 Å². The molecule has 0 unspecified atom stereocenters. The van der Waals surface area contributed by atoms with E-state index in [-0.39, 0.29) is 6.04 Å². The van der Waals surface area contributed by atoms with Crippen molar-refractivity contribution in [3.05, 3.63) is 41.3 Å². The number of hydrogen-bond donors (Lipinski definition) is 2. The summed E-state index contributed by atoms with van der Waals surface area (Å²) in [5.41, 5.74) is 1.58. The van der Waals surface area contributed by atoms with Gasteiger partial charge in [0.1, 0.15) is 5.82 Å². The number of nitrogens with one attached hydrogen (secondary N) is 2. The van der Waals surface area contributed by atoms with Gasteiger partial charge in [-0.3, -0.25) is 0 Å². The molecular weight excluding hydrogens is 356 g/mol. The summed E-state index contributed by atoms with van der Waals surface area (Å²) < 4.78 is 24.9. The van der Waals surface area contributed by atoms with Gasteiger partial charge in [0.05, 0.1) is 15.1 Å². The van der Waals surface area contributed by atoms with Gasteiger partial charge >= 0.3 is 0 Å². The van der Waals surface area contributed by atoms with Crippen LogP contribution >= 0.6 is 11.3 Å². The van der Waals surface area contributed by atoms with Crippen molar-refractivity contribution in [1.82, 2.24) is 9.97 Å². The molecule has 132 valence electrons. The lowest BCUT2D eigenvalue weighted by molar-refractivity contribution is 0.601. The number of sulfone groups is 1. The van der Waals surface area contributed by atoms with Gasteiger partial charge in [0.15, 0.2) is 9.84 Å². The molecule has 2 heterocycles. The Hall–Kier alpha value is -2.19. The Balaban J connectivity index is 1.93. The molecule has 0 spiro atoms. The zero-order valence-corrected chi connectivity index (χ0v) is 15.9. The van der Waals surface area contributed by atoms with E-state index < -0.39 is 9.84 Å². The van der Waals surface area contributed by atoms with Gasteiger partial charge in [-0.1, -0.05) is 18.2 Å². The van der Waals surface area contributed by atoms with Crippen molar-refractivity contribution < 1.29 is 8.42 Å². The second-order valence-corrected chi connectivity index (χ2v) is 8.96. The van der Waals surface area contributed by atoms with Gasteiger partial charge in [0, 0.05) is 18.8 Å². The van der Waals surface area contributed by atoms with Crippen LogP contribution in [0.25, 0.3) is 10.2 Å². The molecule has 0 fully saturated rings. The molecule has 3 rings (SSSR count). The highest BCUT2D eigenvalue weighted by atomic mass is 32.2. The Kier molecular flexibility index (Phi) is 4.91. The molecule has 0 amide bonds. The number of thiophene rings is 1. The fraction of sp³-hybridized carbons (Fsp3) is 0.294. The highest BCUT2D eigenvalue weighted by Crippen LogP contribution is 2.28. The summed E-state index contributed by atoms with van der Waals surface area (Å²) in [5, 5.41) is 8.44. The van der Waals surface area contributed by atoms with Crippen molar-refractivity contribution >= 4 is 43.2 Å².